The molecule has 1 N–H and O–H groups in total. The molecule has 1 saturated heterocycles. The molecule has 9 heavy (non-hydrogen) atoms. The van der Waals surface area contributed by atoms with Crippen LogP contribution in [0.5, 0.6) is 0 Å². The topological polar surface area (TPSA) is 12.0 Å². The lowest BCUT2D eigenvalue weighted by Gasteiger charge is -2.08. The molecule has 51 valence electrons. The quantitative estimate of drug-likeness (QED) is 0.592. The van der Waals surface area contributed by atoms with Crippen molar-refractivity contribution in [2.24, 2.45) is 0 Å². The summed E-state index contributed by atoms with van der Waals surface area (Å²) >= 11 is 1.86. The summed E-state index contributed by atoms with van der Waals surface area (Å²) in [4.78, 5) is 0. The second-order valence-corrected chi connectivity index (χ2v) is 1.81. The third-order valence-electron chi connectivity index (χ3n) is 1.21. The summed E-state index contributed by atoms with van der Waals surface area (Å²) in [5.41, 5.74) is 0. The maximum absolute atomic E-state index is 3.28. The third-order valence-corrected chi connectivity index (χ3v) is 1.21. The van der Waals surface area contributed by atoms with Crippen LogP contribution >= 0.6 is 17.0 Å². The minimum Gasteiger partial charge on any atom is -0.317 e. The van der Waals surface area contributed by atoms with Crippen LogP contribution in [0.1, 0.15) is 19.3 Å². The highest BCUT2D eigenvalue weighted by Crippen LogP contribution is 1.96. The normalized spacial score (nSPS) is 16.7. The molecule has 0 saturated carbocycles. The summed E-state index contributed by atoms with van der Waals surface area (Å²) in [5.74, 6) is 0. The van der Waals surface area contributed by atoms with Crippen LogP contribution in [-0.2, 0) is 0 Å². The van der Waals surface area contributed by atoms with Crippen molar-refractivity contribution in [1.29, 1.82) is 0 Å². The number of halogens is 1. The van der Waals surface area contributed by atoms with Gasteiger partial charge in [-0.25, -0.2) is 0 Å². The summed E-state index contributed by atoms with van der Waals surface area (Å²) < 4.78 is 0. The fourth-order valence-electron chi connectivity index (χ4n) is 0.802. The molecule has 1 aliphatic rings. The molecule has 3 heteroatoms. The van der Waals surface area contributed by atoms with E-state index in [9.17, 15) is 0 Å². The van der Waals surface area contributed by atoms with Gasteiger partial charge in [0.25, 0.3) is 5.05 Å². The Labute approximate surface area is 81.2 Å². The summed E-state index contributed by atoms with van der Waals surface area (Å²) in [6.45, 7) is 2.50. The molecule has 1 aliphatic heterocycles. The van der Waals surface area contributed by atoms with Gasteiger partial charge < -0.3 is 5.32 Å². The Hall–Kier alpha value is 1.21. The van der Waals surface area contributed by atoms with E-state index < -0.39 is 0 Å². The zero-order valence-corrected chi connectivity index (χ0v) is 9.28. The van der Waals surface area contributed by atoms with Crippen LogP contribution in [-0.4, -0.2) is 34.8 Å². The first kappa shape index (κ1) is 12.8. The molecule has 0 amide bonds. The molecule has 0 unspecified atom stereocenters. The van der Waals surface area contributed by atoms with E-state index in [1.165, 1.54) is 32.4 Å². The summed E-state index contributed by atoms with van der Waals surface area (Å²) in [5, 5.41) is 5.31. The van der Waals surface area contributed by atoms with Gasteiger partial charge in [-0.1, -0.05) is 6.42 Å². The van der Waals surface area contributed by atoms with Gasteiger partial charge in [0.1, 0.15) is 0 Å². The van der Waals surface area contributed by atoms with Crippen molar-refractivity contribution in [1.82, 2.24) is 5.32 Å². The van der Waals surface area contributed by atoms with Gasteiger partial charge in [0.2, 0.25) is 0 Å². The van der Waals surface area contributed by atoms with E-state index in [0.717, 1.165) is 0 Å². The third kappa shape index (κ3) is 9.21. The van der Waals surface area contributed by atoms with Gasteiger partial charge in [0, 0.05) is 0 Å². The number of piperidine rings is 1. The highest BCUT2D eigenvalue weighted by molar-refractivity contribution is 8.93. The van der Waals surface area contributed by atoms with E-state index in [1.807, 2.05) is 26.8 Å². The second-order valence-electron chi connectivity index (χ2n) is 1.81. The van der Waals surface area contributed by atoms with Gasteiger partial charge in [-0.05, 0) is 25.9 Å². The number of rotatable bonds is 0. The average molecular weight is 205 g/mol. The van der Waals surface area contributed by atoms with Crippen LogP contribution in [0, 0.1) is 0 Å². The SMILES string of the molecule is Br.C1CCNCC1.[CH3][Mg+2]. The van der Waals surface area contributed by atoms with Gasteiger partial charge in [0.15, 0.2) is 0 Å². The molecule has 0 aliphatic carbocycles. The molecule has 0 aromatic rings. The fraction of sp³-hybridized carbons (Fsp3) is 1.00. The maximum Gasteiger partial charge on any atom is 1.41 e. The standard InChI is InChI=1S/C5H11N.CH3.BrH.Mg/c1-2-4-6-5-3-1;;;/h6H,1-5H2;1H3;1H;/q;;;+2. The molecule has 0 spiro atoms. The van der Waals surface area contributed by atoms with Gasteiger partial charge in [0.05, 0.1) is 0 Å². The molecule has 1 nitrogen and oxygen atoms in total. The molecule has 1 heterocycles. The molecule has 0 aromatic carbocycles. The van der Waals surface area contributed by atoms with Crippen molar-refractivity contribution in [3.05, 3.63) is 0 Å². The molecule has 0 aromatic heterocycles. The first-order valence-corrected chi connectivity index (χ1v) is 4.83. The van der Waals surface area contributed by atoms with Crippen molar-refractivity contribution in [3.63, 3.8) is 0 Å². The van der Waals surface area contributed by atoms with Crippen molar-refractivity contribution >= 4 is 38.7 Å². The number of nitrogens with one attached hydrogen (secondary N) is 1. The van der Waals surface area contributed by atoms with Crippen LogP contribution in [0.2, 0.25) is 5.05 Å². The van der Waals surface area contributed by atoms with Gasteiger partial charge >= 0.3 is 21.7 Å². The van der Waals surface area contributed by atoms with E-state index >= 15 is 0 Å². The molecule has 0 atom stereocenters. The Morgan fingerprint density at radius 2 is 1.44 bits per heavy atom. The first-order chi connectivity index (χ1) is 4.00. The summed E-state index contributed by atoms with van der Waals surface area (Å²) in [7, 11) is 0. The lowest BCUT2D eigenvalue weighted by molar-refractivity contribution is 0.520. The number of hydrogen-bond acceptors (Lipinski definition) is 1. The molecule has 1 rings (SSSR count). The van der Waals surface area contributed by atoms with E-state index in [-0.39, 0.29) is 17.0 Å². The van der Waals surface area contributed by atoms with Gasteiger partial charge in [-0.2, -0.15) is 0 Å². The van der Waals surface area contributed by atoms with Gasteiger partial charge in [-0.15, -0.1) is 17.0 Å². The summed E-state index contributed by atoms with van der Waals surface area (Å²) in [6.07, 6.45) is 4.22. The molecule has 7 radical (unpaired) electrons. The zero-order valence-electron chi connectivity index (χ0n) is 6.15. The minimum atomic E-state index is 0. The van der Waals surface area contributed by atoms with Crippen LogP contribution in [0.25, 0.3) is 0 Å². The predicted molar refractivity (Wildman–Crippen MR) is 48.7 cm³/mol. The van der Waals surface area contributed by atoms with Crippen molar-refractivity contribution in [3.8, 4) is 0 Å². The van der Waals surface area contributed by atoms with E-state index in [1.54, 1.807) is 0 Å². The van der Waals surface area contributed by atoms with Crippen LogP contribution in [0.3, 0.4) is 0 Å². The molecule has 1 fully saturated rings. The minimum absolute atomic E-state index is 0. The number of hydrogen-bond donors (Lipinski definition) is 1. The van der Waals surface area contributed by atoms with E-state index in [4.69, 9.17) is 0 Å². The Morgan fingerprint density at radius 1 is 1.00 bits per heavy atom. The van der Waals surface area contributed by atoms with Crippen molar-refractivity contribution in [2.75, 3.05) is 13.1 Å². The molecular formula is C6H15BrMgN+2. The average Bonchev–Trinajstić information content (AvgIpc) is 1.96. The lowest BCUT2D eigenvalue weighted by atomic mass is 10.2. The lowest BCUT2D eigenvalue weighted by Crippen LogP contribution is -2.21. The van der Waals surface area contributed by atoms with Crippen LogP contribution in [0.4, 0.5) is 0 Å². The maximum atomic E-state index is 3.28. The monoisotopic (exact) mass is 204 g/mol. The largest absolute Gasteiger partial charge is 1.41 e. The van der Waals surface area contributed by atoms with E-state index in [2.05, 4.69) is 5.32 Å². The first-order valence-electron chi connectivity index (χ1n) is 3.41. The highest BCUT2D eigenvalue weighted by Gasteiger charge is 1.99. The molecular weight excluding hydrogens is 190 g/mol. The van der Waals surface area contributed by atoms with Crippen LogP contribution < -0.4 is 5.32 Å². The van der Waals surface area contributed by atoms with Crippen molar-refractivity contribution < 1.29 is 0 Å². The second kappa shape index (κ2) is 11.9. The van der Waals surface area contributed by atoms with E-state index in [0.29, 0.717) is 0 Å². The Morgan fingerprint density at radius 3 is 1.56 bits per heavy atom. The predicted octanol–water partition coefficient (Wildman–Crippen LogP) is 1.54. The smallest absolute Gasteiger partial charge is 0.317 e. The highest BCUT2D eigenvalue weighted by atomic mass is 79.9. The Balaban J connectivity index is 0. The fourth-order valence-corrected chi connectivity index (χ4v) is 0.802. The van der Waals surface area contributed by atoms with Crippen LogP contribution in [0.15, 0.2) is 0 Å². The molecule has 0 bridgehead atoms. The summed E-state index contributed by atoms with van der Waals surface area (Å²) in [6, 6.07) is 0. The van der Waals surface area contributed by atoms with Crippen molar-refractivity contribution in [2.45, 2.75) is 24.3 Å². The Kier molecular flexibility index (Phi) is 17.0. The van der Waals surface area contributed by atoms with Gasteiger partial charge in [-0.3, -0.25) is 0 Å². The zero-order chi connectivity index (χ0) is 6.24. The Bertz CT molecular complexity index is 28.5.